The third-order valence-corrected chi connectivity index (χ3v) is 3.25. The number of halogens is 1. The van der Waals surface area contributed by atoms with Gasteiger partial charge >= 0.3 is 0 Å². The monoisotopic (exact) mass is 197 g/mol. The molecule has 1 aliphatic carbocycles. The number of nitrogens with zero attached hydrogens (tertiary/aromatic N) is 1. The summed E-state index contributed by atoms with van der Waals surface area (Å²) in [6, 6.07) is 0.192. The summed E-state index contributed by atoms with van der Waals surface area (Å²) in [5, 5.41) is 0. The highest BCUT2D eigenvalue weighted by Gasteiger charge is 2.35. The van der Waals surface area contributed by atoms with Crippen LogP contribution in [0.2, 0.25) is 0 Å². The molecular weight excluding hydrogens is 186 g/mol. The van der Waals surface area contributed by atoms with E-state index in [1.807, 2.05) is 6.92 Å². The highest BCUT2D eigenvalue weighted by molar-refractivity contribution is 8.11. The van der Waals surface area contributed by atoms with Crippen molar-refractivity contribution in [3.8, 4) is 0 Å². The van der Waals surface area contributed by atoms with Crippen molar-refractivity contribution in [1.82, 2.24) is 4.31 Å². The van der Waals surface area contributed by atoms with Crippen molar-refractivity contribution in [2.24, 2.45) is 0 Å². The largest absolute Gasteiger partial charge is 0.300 e. The van der Waals surface area contributed by atoms with Crippen LogP contribution in [0.5, 0.6) is 0 Å². The van der Waals surface area contributed by atoms with Gasteiger partial charge in [0.25, 0.3) is 9.24 Å². The Morgan fingerprint density at radius 2 is 2.09 bits per heavy atom. The fourth-order valence-corrected chi connectivity index (χ4v) is 2.57. The molecule has 0 unspecified atom stereocenters. The summed E-state index contributed by atoms with van der Waals surface area (Å²) in [7, 11) is 1.75. The van der Waals surface area contributed by atoms with Crippen molar-refractivity contribution in [1.29, 1.82) is 0 Å². The third kappa shape index (κ3) is 2.61. The van der Waals surface area contributed by atoms with Gasteiger partial charge in [-0.1, -0.05) is 6.92 Å². The van der Waals surface area contributed by atoms with E-state index in [4.69, 9.17) is 10.7 Å². The minimum atomic E-state index is -3.46. The van der Waals surface area contributed by atoms with Crippen LogP contribution in [0.3, 0.4) is 0 Å². The number of hydrogen-bond acceptors (Lipinski definition) is 2. The fourth-order valence-electron chi connectivity index (χ4n) is 1.05. The Morgan fingerprint density at radius 3 is 2.36 bits per heavy atom. The Morgan fingerprint density at radius 1 is 1.55 bits per heavy atom. The summed E-state index contributed by atoms with van der Waals surface area (Å²) in [6.07, 6.45) is 2.75. The molecule has 3 nitrogen and oxygen atoms in total. The van der Waals surface area contributed by atoms with Crippen molar-refractivity contribution >= 4 is 19.9 Å². The van der Waals surface area contributed by atoms with Gasteiger partial charge in [-0.15, -0.1) is 0 Å². The Hall–Kier alpha value is 0.200. The molecule has 5 heteroatoms. The van der Waals surface area contributed by atoms with Gasteiger partial charge in [0.1, 0.15) is 0 Å². The van der Waals surface area contributed by atoms with E-state index >= 15 is 0 Å². The van der Waals surface area contributed by atoms with Crippen LogP contribution < -0.4 is 0 Å². The fraction of sp³-hybridized carbons (Fsp3) is 1.00. The quantitative estimate of drug-likeness (QED) is 0.638. The van der Waals surface area contributed by atoms with E-state index in [1.54, 1.807) is 0 Å². The first kappa shape index (κ1) is 9.29. The van der Waals surface area contributed by atoms with Gasteiger partial charge in [-0.25, -0.2) is 0 Å². The molecule has 1 aliphatic rings. The third-order valence-electron chi connectivity index (χ3n) is 1.68. The molecule has 0 amide bonds. The summed E-state index contributed by atoms with van der Waals surface area (Å²) in [5.74, 6) is 0. The van der Waals surface area contributed by atoms with Gasteiger partial charge in [-0.05, 0) is 19.3 Å². The van der Waals surface area contributed by atoms with E-state index < -0.39 is 9.24 Å². The molecule has 0 spiro atoms. The molecule has 0 atom stereocenters. The lowest BCUT2D eigenvalue weighted by atomic mass is 10.5. The van der Waals surface area contributed by atoms with Crippen LogP contribution >= 0.6 is 10.7 Å². The van der Waals surface area contributed by atoms with Crippen LogP contribution in [-0.4, -0.2) is 25.3 Å². The Balaban J connectivity index is 2.59. The Kier molecular flexibility index (Phi) is 2.78. The number of hydrogen-bond donors (Lipinski definition) is 0. The maximum Gasteiger partial charge on any atom is 0.300 e. The summed E-state index contributed by atoms with van der Waals surface area (Å²) in [5.41, 5.74) is 0. The summed E-state index contributed by atoms with van der Waals surface area (Å²) >= 11 is 0. The van der Waals surface area contributed by atoms with Gasteiger partial charge in [0.2, 0.25) is 0 Å². The average Bonchev–Trinajstić information content (AvgIpc) is 2.61. The predicted octanol–water partition coefficient (Wildman–Crippen LogP) is 1.34. The normalized spacial score (nSPS) is 19.2. The van der Waals surface area contributed by atoms with Crippen molar-refractivity contribution in [3.05, 3.63) is 0 Å². The van der Waals surface area contributed by atoms with Crippen LogP contribution in [0.1, 0.15) is 26.2 Å². The zero-order valence-corrected chi connectivity index (χ0v) is 8.03. The van der Waals surface area contributed by atoms with E-state index in [9.17, 15) is 8.42 Å². The van der Waals surface area contributed by atoms with Gasteiger partial charge < -0.3 is 0 Å². The van der Waals surface area contributed by atoms with Gasteiger partial charge in [-0.2, -0.15) is 12.7 Å². The van der Waals surface area contributed by atoms with E-state index in [2.05, 4.69) is 0 Å². The van der Waals surface area contributed by atoms with Crippen LogP contribution in [0.25, 0.3) is 0 Å². The summed E-state index contributed by atoms with van der Waals surface area (Å²) in [4.78, 5) is 0. The molecular formula is C6H12ClNO2S. The highest BCUT2D eigenvalue weighted by Crippen LogP contribution is 2.30. The van der Waals surface area contributed by atoms with Gasteiger partial charge in [0.05, 0.1) is 0 Å². The van der Waals surface area contributed by atoms with Gasteiger partial charge in [-0.3, -0.25) is 0 Å². The maximum atomic E-state index is 10.9. The Labute approximate surface area is 71.9 Å². The molecule has 0 aliphatic heterocycles. The minimum Gasteiger partial charge on any atom is -0.195 e. The molecule has 66 valence electrons. The first-order valence-corrected chi connectivity index (χ1v) is 6.03. The van der Waals surface area contributed by atoms with Crippen LogP contribution in [0.15, 0.2) is 0 Å². The lowest BCUT2D eigenvalue weighted by Crippen LogP contribution is -2.29. The molecule has 0 N–H and O–H groups in total. The minimum absolute atomic E-state index is 0.192. The summed E-state index contributed by atoms with van der Waals surface area (Å²) < 4.78 is 23.2. The molecule has 0 aromatic rings. The molecule has 1 saturated carbocycles. The second-order valence-corrected chi connectivity index (χ2v) is 5.25. The first-order chi connectivity index (χ1) is 5.05. The lowest BCUT2D eigenvalue weighted by Gasteiger charge is -2.15. The second kappa shape index (κ2) is 3.29. The zero-order chi connectivity index (χ0) is 8.48. The molecule has 1 fully saturated rings. The molecule has 1 rings (SSSR count). The molecule has 0 aromatic carbocycles. The van der Waals surface area contributed by atoms with Crippen molar-refractivity contribution in [2.45, 2.75) is 32.2 Å². The number of rotatable bonds is 4. The second-order valence-electron chi connectivity index (χ2n) is 2.78. The topological polar surface area (TPSA) is 37.4 Å². The van der Waals surface area contributed by atoms with E-state index in [0.717, 1.165) is 19.3 Å². The van der Waals surface area contributed by atoms with E-state index in [1.165, 1.54) is 4.31 Å². The highest BCUT2D eigenvalue weighted by atomic mass is 35.7. The van der Waals surface area contributed by atoms with Gasteiger partial charge in [0, 0.05) is 23.3 Å². The van der Waals surface area contributed by atoms with Gasteiger partial charge in [0.15, 0.2) is 0 Å². The van der Waals surface area contributed by atoms with Crippen molar-refractivity contribution in [3.63, 3.8) is 0 Å². The lowest BCUT2D eigenvalue weighted by molar-refractivity contribution is 0.413. The standard InChI is InChI=1S/C6H12ClNO2S/c1-2-5-8(6-3-4-6)11(7,9)10/h6H,2-5H2,1H3. The molecule has 11 heavy (non-hydrogen) atoms. The van der Waals surface area contributed by atoms with E-state index in [-0.39, 0.29) is 6.04 Å². The predicted molar refractivity (Wildman–Crippen MR) is 44.8 cm³/mol. The first-order valence-electron chi connectivity index (χ1n) is 3.77. The van der Waals surface area contributed by atoms with Crippen molar-refractivity contribution in [2.75, 3.05) is 6.54 Å². The van der Waals surface area contributed by atoms with Crippen LogP contribution in [-0.2, 0) is 9.24 Å². The van der Waals surface area contributed by atoms with E-state index in [0.29, 0.717) is 6.54 Å². The summed E-state index contributed by atoms with van der Waals surface area (Å²) in [6.45, 7) is 2.49. The van der Waals surface area contributed by atoms with Crippen molar-refractivity contribution < 1.29 is 8.42 Å². The SMILES string of the molecule is CCCN(C1CC1)S(=O)(=O)Cl. The zero-order valence-electron chi connectivity index (χ0n) is 6.46. The molecule has 0 heterocycles. The molecule has 0 radical (unpaired) electrons. The van der Waals surface area contributed by atoms with Crippen LogP contribution in [0.4, 0.5) is 0 Å². The van der Waals surface area contributed by atoms with Crippen LogP contribution in [0, 0.1) is 0 Å². The Bertz CT molecular complexity index is 223. The average molecular weight is 198 g/mol. The smallest absolute Gasteiger partial charge is 0.195 e. The maximum absolute atomic E-state index is 10.9. The molecule has 0 bridgehead atoms. The molecule has 0 aromatic heterocycles. The molecule has 0 saturated heterocycles.